The fourth-order valence-electron chi connectivity index (χ4n) is 2.37. The van der Waals surface area contributed by atoms with Crippen molar-refractivity contribution in [3.8, 4) is 5.75 Å². The lowest BCUT2D eigenvalue weighted by molar-refractivity contribution is 0.0971. The topological polar surface area (TPSA) is 60.4 Å². The Morgan fingerprint density at radius 3 is 1.95 bits per heavy atom. The molecule has 0 atom stereocenters. The zero-order valence-corrected chi connectivity index (χ0v) is 11.8. The van der Waals surface area contributed by atoms with Gasteiger partial charge in [0.1, 0.15) is 5.75 Å². The molecule has 22 heavy (non-hydrogen) atoms. The minimum absolute atomic E-state index is 0.0815. The average molecular weight is 292 g/mol. The molecule has 2 aromatic rings. The van der Waals surface area contributed by atoms with Crippen molar-refractivity contribution >= 4 is 17.3 Å². The normalized spacial score (nSPS) is 13.0. The number of methoxy groups -OCH3 is 1. The number of carbonyl (C=O) groups is 3. The highest BCUT2D eigenvalue weighted by Gasteiger charge is 2.33. The monoisotopic (exact) mass is 292 g/mol. The molecule has 0 heterocycles. The van der Waals surface area contributed by atoms with Gasteiger partial charge in [-0.05, 0) is 24.3 Å². The third-order valence-electron chi connectivity index (χ3n) is 3.56. The zero-order chi connectivity index (χ0) is 15.7. The molecule has 0 radical (unpaired) electrons. The van der Waals surface area contributed by atoms with Crippen molar-refractivity contribution in [3.63, 3.8) is 0 Å². The van der Waals surface area contributed by atoms with Crippen LogP contribution in [0.4, 0.5) is 0 Å². The van der Waals surface area contributed by atoms with Crippen molar-refractivity contribution in [2.45, 2.75) is 0 Å². The van der Waals surface area contributed by atoms with E-state index in [4.69, 9.17) is 4.74 Å². The first kappa shape index (κ1) is 13.9. The lowest BCUT2D eigenvalue weighted by Crippen LogP contribution is -2.05. The van der Waals surface area contributed by atoms with Gasteiger partial charge in [-0.15, -0.1) is 0 Å². The van der Waals surface area contributed by atoms with Crippen molar-refractivity contribution in [2.75, 3.05) is 7.11 Å². The highest BCUT2D eigenvalue weighted by molar-refractivity contribution is 6.41. The third kappa shape index (κ3) is 2.24. The summed E-state index contributed by atoms with van der Waals surface area (Å²) < 4.78 is 5.02. The van der Waals surface area contributed by atoms with Crippen LogP contribution in [-0.4, -0.2) is 24.5 Å². The van der Waals surface area contributed by atoms with Crippen LogP contribution in [0.3, 0.4) is 0 Å². The summed E-state index contributed by atoms with van der Waals surface area (Å²) in [5, 5.41) is 0. The smallest absolute Gasteiger partial charge is 0.197 e. The van der Waals surface area contributed by atoms with Gasteiger partial charge in [0, 0.05) is 22.8 Å². The van der Waals surface area contributed by atoms with Crippen molar-refractivity contribution in [3.05, 3.63) is 76.9 Å². The second-order valence-corrected chi connectivity index (χ2v) is 4.85. The van der Waals surface area contributed by atoms with Crippen LogP contribution in [0.1, 0.15) is 31.1 Å². The van der Waals surface area contributed by atoms with E-state index < -0.39 is 11.6 Å². The van der Waals surface area contributed by atoms with E-state index in [0.717, 1.165) is 6.08 Å². The van der Waals surface area contributed by atoms with Crippen molar-refractivity contribution in [2.24, 2.45) is 0 Å². The van der Waals surface area contributed by atoms with E-state index >= 15 is 0 Å². The van der Waals surface area contributed by atoms with Crippen LogP contribution in [0.2, 0.25) is 0 Å². The molecule has 0 N–H and O–H groups in total. The summed E-state index contributed by atoms with van der Waals surface area (Å²) in [6, 6.07) is 13.1. The van der Waals surface area contributed by atoms with E-state index in [1.54, 1.807) is 48.5 Å². The quantitative estimate of drug-likeness (QED) is 0.496. The van der Waals surface area contributed by atoms with E-state index in [9.17, 15) is 14.4 Å². The Bertz CT molecular complexity index is 776. The maximum Gasteiger partial charge on any atom is 0.197 e. The first-order chi connectivity index (χ1) is 10.6. The van der Waals surface area contributed by atoms with Crippen molar-refractivity contribution in [1.29, 1.82) is 0 Å². The predicted molar refractivity (Wildman–Crippen MR) is 80.5 cm³/mol. The van der Waals surface area contributed by atoms with Crippen molar-refractivity contribution in [1.82, 2.24) is 0 Å². The van der Waals surface area contributed by atoms with Gasteiger partial charge in [0.15, 0.2) is 17.3 Å². The van der Waals surface area contributed by atoms with Crippen LogP contribution in [-0.2, 0) is 0 Å². The number of hydrogen-bond acceptors (Lipinski definition) is 4. The van der Waals surface area contributed by atoms with Gasteiger partial charge >= 0.3 is 0 Å². The summed E-state index contributed by atoms with van der Waals surface area (Å²) >= 11 is 0. The molecule has 3 rings (SSSR count). The fraction of sp³-hybridized carbons (Fsp3) is 0.0556. The van der Waals surface area contributed by atoms with Crippen LogP contribution in [0.15, 0.2) is 60.2 Å². The van der Waals surface area contributed by atoms with Gasteiger partial charge in [-0.1, -0.05) is 24.3 Å². The lowest BCUT2D eigenvalue weighted by atomic mass is 10.1. The number of benzene rings is 2. The molecule has 0 saturated heterocycles. The van der Waals surface area contributed by atoms with E-state index in [0.29, 0.717) is 22.4 Å². The Hall–Kier alpha value is -3.01. The standard InChI is InChI=1S/C18H12O4/c1-22-12-8-6-11(7-9-12)16(19)10-15-17(20)13-4-2-3-5-14(13)18(15)21/h2-10H,1H3. The van der Waals surface area contributed by atoms with Gasteiger partial charge in [-0.3, -0.25) is 14.4 Å². The summed E-state index contributed by atoms with van der Waals surface area (Å²) in [4.78, 5) is 36.6. The van der Waals surface area contributed by atoms with Gasteiger partial charge in [0.05, 0.1) is 12.7 Å². The number of Topliss-reactive ketones (excluding diaryl/α,β-unsaturated/α-hetero) is 2. The highest BCUT2D eigenvalue weighted by Crippen LogP contribution is 2.26. The van der Waals surface area contributed by atoms with Gasteiger partial charge in [0.2, 0.25) is 0 Å². The van der Waals surface area contributed by atoms with Gasteiger partial charge in [0.25, 0.3) is 0 Å². The summed E-state index contributed by atoms with van der Waals surface area (Å²) in [6.45, 7) is 0. The summed E-state index contributed by atoms with van der Waals surface area (Å²) in [6.07, 6.45) is 1.12. The number of ether oxygens (including phenoxy) is 1. The Balaban J connectivity index is 1.94. The number of fused-ring (bicyclic) bond motifs is 1. The number of ketones is 3. The fourth-order valence-corrected chi connectivity index (χ4v) is 2.37. The van der Waals surface area contributed by atoms with E-state index in [1.165, 1.54) is 7.11 Å². The van der Waals surface area contributed by atoms with Crippen LogP contribution >= 0.6 is 0 Å². The number of hydrogen-bond donors (Lipinski definition) is 0. The molecule has 4 heteroatoms. The molecule has 0 aromatic heterocycles. The van der Waals surface area contributed by atoms with Crippen LogP contribution in [0.25, 0.3) is 0 Å². The number of allylic oxidation sites excluding steroid dienone is 2. The Kier molecular flexibility index (Phi) is 3.43. The average Bonchev–Trinajstić information content (AvgIpc) is 2.80. The molecule has 4 nitrogen and oxygen atoms in total. The molecule has 0 bridgehead atoms. The van der Waals surface area contributed by atoms with Gasteiger partial charge in [-0.2, -0.15) is 0 Å². The van der Waals surface area contributed by atoms with Gasteiger partial charge < -0.3 is 4.74 Å². The van der Waals surface area contributed by atoms with Gasteiger partial charge in [-0.25, -0.2) is 0 Å². The van der Waals surface area contributed by atoms with Crippen LogP contribution in [0, 0.1) is 0 Å². The molecule has 0 fully saturated rings. The molecule has 2 aromatic carbocycles. The third-order valence-corrected chi connectivity index (χ3v) is 3.56. The largest absolute Gasteiger partial charge is 0.497 e. The number of rotatable bonds is 3. The zero-order valence-electron chi connectivity index (χ0n) is 11.8. The molecule has 0 aliphatic heterocycles. The molecular formula is C18H12O4. The molecule has 108 valence electrons. The molecule has 0 saturated carbocycles. The first-order valence-corrected chi connectivity index (χ1v) is 6.70. The Labute approximate surface area is 127 Å². The molecule has 0 amide bonds. The minimum Gasteiger partial charge on any atom is -0.497 e. The van der Waals surface area contributed by atoms with E-state index in [-0.39, 0.29) is 11.4 Å². The lowest BCUT2D eigenvalue weighted by Gasteiger charge is -2.00. The maximum absolute atomic E-state index is 12.2. The number of carbonyl (C=O) groups excluding carboxylic acids is 3. The predicted octanol–water partition coefficient (Wildman–Crippen LogP) is 2.88. The SMILES string of the molecule is COc1ccc(C(=O)C=C2C(=O)c3ccccc3C2=O)cc1. The molecular weight excluding hydrogens is 280 g/mol. The van der Waals surface area contributed by atoms with Crippen LogP contribution in [0.5, 0.6) is 5.75 Å². The van der Waals surface area contributed by atoms with E-state index in [1.807, 2.05) is 0 Å². The van der Waals surface area contributed by atoms with E-state index in [2.05, 4.69) is 0 Å². The summed E-state index contributed by atoms with van der Waals surface area (Å²) in [5.41, 5.74) is 1.01. The first-order valence-electron chi connectivity index (χ1n) is 6.70. The van der Waals surface area contributed by atoms with Crippen LogP contribution < -0.4 is 4.74 Å². The highest BCUT2D eigenvalue weighted by atomic mass is 16.5. The molecule has 1 aliphatic rings. The summed E-state index contributed by atoms with van der Waals surface area (Å²) in [5.74, 6) is -0.554. The minimum atomic E-state index is -0.400. The second kappa shape index (κ2) is 5.41. The van der Waals surface area contributed by atoms with Crippen molar-refractivity contribution < 1.29 is 19.1 Å². The molecule has 0 spiro atoms. The Morgan fingerprint density at radius 2 is 1.45 bits per heavy atom. The molecule has 0 unspecified atom stereocenters. The summed E-state index contributed by atoms with van der Waals surface area (Å²) in [7, 11) is 1.53. The second-order valence-electron chi connectivity index (χ2n) is 4.85. The Morgan fingerprint density at radius 1 is 0.909 bits per heavy atom. The maximum atomic E-state index is 12.2. The molecule has 1 aliphatic carbocycles.